The Morgan fingerprint density at radius 3 is 2.35 bits per heavy atom. The number of nitrogens with one attached hydrogen (secondary N) is 1. The number of rotatable bonds is 4. The Labute approximate surface area is 121 Å². The third kappa shape index (κ3) is 3.13. The second-order valence-corrected chi connectivity index (χ2v) is 5.41. The zero-order valence-electron chi connectivity index (χ0n) is 12.9. The van der Waals surface area contributed by atoms with Crippen molar-refractivity contribution >= 4 is 5.69 Å². The maximum absolute atomic E-state index is 5.46. The molecule has 0 fully saturated rings. The predicted molar refractivity (Wildman–Crippen MR) is 85.7 cm³/mol. The molecule has 2 rings (SSSR count). The maximum atomic E-state index is 5.46. The van der Waals surface area contributed by atoms with Crippen LogP contribution < -0.4 is 10.1 Å². The third-order valence-corrected chi connectivity index (χ3v) is 3.74. The van der Waals surface area contributed by atoms with Crippen LogP contribution >= 0.6 is 0 Å². The largest absolute Gasteiger partial charge is 0.496 e. The van der Waals surface area contributed by atoms with E-state index in [4.69, 9.17) is 4.74 Å². The Balaban J connectivity index is 2.25. The van der Waals surface area contributed by atoms with Crippen molar-refractivity contribution in [2.24, 2.45) is 0 Å². The Morgan fingerprint density at radius 2 is 1.70 bits per heavy atom. The van der Waals surface area contributed by atoms with E-state index in [-0.39, 0.29) is 6.04 Å². The molecule has 1 unspecified atom stereocenters. The predicted octanol–water partition coefficient (Wildman–Crippen LogP) is 4.79. The number of hydrogen-bond acceptors (Lipinski definition) is 2. The molecule has 1 atom stereocenters. The summed E-state index contributed by atoms with van der Waals surface area (Å²) < 4.78 is 5.46. The first-order valence-corrected chi connectivity index (χ1v) is 6.99. The molecule has 106 valence electrons. The van der Waals surface area contributed by atoms with Crippen LogP contribution in [0.4, 0.5) is 5.69 Å². The molecule has 2 heteroatoms. The first-order chi connectivity index (χ1) is 9.51. The standard InChI is InChI=1S/C18H23NO/c1-12-6-9-18(20-5)17(10-12)15(4)19-16-8-7-13(2)14(3)11-16/h6-11,15,19H,1-5H3. The van der Waals surface area contributed by atoms with Gasteiger partial charge < -0.3 is 10.1 Å². The lowest BCUT2D eigenvalue weighted by atomic mass is 10.0. The van der Waals surface area contributed by atoms with Crippen LogP contribution in [0, 0.1) is 20.8 Å². The fraction of sp³-hybridized carbons (Fsp3) is 0.333. The van der Waals surface area contributed by atoms with Gasteiger partial charge in [0, 0.05) is 11.3 Å². The maximum Gasteiger partial charge on any atom is 0.124 e. The molecule has 20 heavy (non-hydrogen) atoms. The van der Waals surface area contributed by atoms with Crippen LogP contribution in [0.1, 0.15) is 35.2 Å². The summed E-state index contributed by atoms with van der Waals surface area (Å²) in [5.41, 5.74) is 6.19. The molecule has 2 aromatic carbocycles. The van der Waals surface area contributed by atoms with Crippen LogP contribution in [0.3, 0.4) is 0 Å². The van der Waals surface area contributed by atoms with Gasteiger partial charge in [0.25, 0.3) is 0 Å². The molecule has 0 aliphatic heterocycles. The normalized spacial score (nSPS) is 12.1. The zero-order chi connectivity index (χ0) is 14.7. The molecule has 0 radical (unpaired) electrons. The fourth-order valence-corrected chi connectivity index (χ4v) is 2.35. The summed E-state index contributed by atoms with van der Waals surface area (Å²) in [4.78, 5) is 0. The molecular formula is C18H23NO. The summed E-state index contributed by atoms with van der Waals surface area (Å²) in [5.74, 6) is 0.930. The molecule has 0 aliphatic carbocycles. The Morgan fingerprint density at radius 1 is 0.950 bits per heavy atom. The molecule has 0 saturated carbocycles. The monoisotopic (exact) mass is 269 g/mol. The first-order valence-electron chi connectivity index (χ1n) is 6.99. The van der Waals surface area contributed by atoms with Crippen LogP contribution in [0.5, 0.6) is 5.75 Å². The number of hydrogen-bond donors (Lipinski definition) is 1. The van der Waals surface area contributed by atoms with Crippen molar-refractivity contribution in [1.29, 1.82) is 0 Å². The van der Waals surface area contributed by atoms with Crippen LogP contribution in [0.25, 0.3) is 0 Å². The van der Waals surface area contributed by atoms with Gasteiger partial charge in [0.15, 0.2) is 0 Å². The van der Waals surface area contributed by atoms with E-state index in [9.17, 15) is 0 Å². The second-order valence-electron chi connectivity index (χ2n) is 5.41. The molecule has 2 nitrogen and oxygen atoms in total. The Bertz CT molecular complexity index is 604. The van der Waals surface area contributed by atoms with Gasteiger partial charge in [-0.25, -0.2) is 0 Å². The van der Waals surface area contributed by atoms with Crippen molar-refractivity contribution in [3.05, 3.63) is 58.7 Å². The van der Waals surface area contributed by atoms with Crippen LogP contribution in [0.15, 0.2) is 36.4 Å². The lowest BCUT2D eigenvalue weighted by Crippen LogP contribution is -2.08. The number of ether oxygens (including phenoxy) is 1. The first kappa shape index (κ1) is 14.4. The highest BCUT2D eigenvalue weighted by Crippen LogP contribution is 2.29. The van der Waals surface area contributed by atoms with Gasteiger partial charge in [-0.3, -0.25) is 0 Å². The van der Waals surface area contributed by atoms with E-state index < -0.39 is 0 Å². The lowest BCUT2D eigenvalue weighted by molar-refractivity contribution is 0.408. The average Bonchev–Trinajstić information content (AvgIpc) is 2.43. The molecule has 0 saturated heterocycles. The highest BCUT2D eigenvalue weighted by molar-refractivity contribution is 5.51. The van der Waals surface area contributed by atoms with Gasteiger partial charge in [-0.1, -0.05) is 23.8 Å². The van der Waals surface area contributed by atoms with Gasteiger partial charge in [-0.2, -0.15) is 0 Å². The van der Waals surface area contributed by atoms with E-state index in [0.717, 1.165) is 11.4 Å². The van der Waals surface area contributed by atoms with Crippen molar-refractivity contribution < 1.29 is 4.74 Å². The summed E-state index contributed by atoms with van der Waals surface area (Å²) in [6.45, 7) is 8.53. The SMILES string of the molecule is COc1ccc(C)cc1C(C)Nc1ccc(C)c(C)c1. The van der Waals surface area contributed by atoms with Crippen molar-refractivity contribution in [3.63, 3.8) is 0 Å². The molecule has 0 aromatic heterocycles. The van der Waals surface area contributed by atoms with Crippen molar-refractivity contribution in [2.45, 2.75) is 33.7 Å². The van der Waals surface area contributed by atoms with E-state index in [1.54, 1.807) is 7.11 Å². The van der Waals surface area contributed by atoms with Crippen LogP contribution in [0.2, 0.25) is 0 Å². The molecular weight excluding hydrogens is 246 g/mol. The third-order valence-electron chi connectivity index (χ3n) is 3.74. The van der Waals surface area contributed by atoms with Crippen LogP contribution in [-0.2, 0) is 0 Å². The zero-order valence-corrected chi connectivity index (χ0v) is 12.9. The summed E-state index contributed by atoms with van der Waals surface area (Å²) in [6.07, 6.45) is 0. The molecule has 0 heterocycles. The van der Waals surface area contributed by atoms with Gasteiger partial charge in [0.2, 0.25) is 0 Å². The number of methoxy groups -OCH3 is 1. The smallest absolute Gasteiger partial charge is 0.124 e. The molecule has 0 aliphatic rings. The van der Waals surface area contributed by atoms with E-state index >= 15 is 0 Å². The molecule has 0 spiro atoms. The Kier molecular flexibility index (Phi) is 4.33. The van der Waals surface area contributed by atoms with Crippen molar-refractivity contribution in [2.75, 3.05) is 12.4 Å². The minimum absolute atomic E-state index is 0.201. The number of aryl methyl sites for hydroxylation is 3. The van der Waals surface area contributed by atoms with E-state index in [1.165, 1.54) is 22.3 Å². The van der Waals surface area contributed by atoms with Gasteiger partial charge in [0.05, 0.1) is 13.2 Å². The molecule has 1 N–H and O–H groups in total. The molecule has 0 bridgehead atoms. The van der Waals surface area contributed by atoms with Gasteiger partial charge in [-0.15, -0.1) is 0 Å². The van der Waals surface area contributed by atoms with Crippen molar-refractivity contribution in [1.82, 2.24) is 0 Å². The Hall–Kier alpha value is -1.96. The average molecular weight is 269 g/mol. The highest BCUT2D eigenvalue weighted by atomic mass is 16.5. The van der Waals surface area contributed by atoms with Gasteiger partial charge >= 0.3 is 0 Å². The molecule has 0 amide bonds. The summed E-state index contributed by atoms with van der Waals surface area (Å²) in [7, 11) is 1.72. The number of anilines is 1. The van der Waals surface area contributed by atoms with Gasteiger partial charge in [-0.05, 0) is 57.0 Å². The van der Waals surface area contributed by atoms with Crippen molar-refractivity contribution in [3.8, 4) is 5.75 Å². The van der Waals surface area contributed by atoms with Gasteiger partial charge in [0.1, 0.15) is 5.75 Å². The quantitative estimate of drug-likeness (QED) is 0.861. The molecule has 2 aromatic rings. The van der Waals surface area contributed by atoms with E-state index in [0.29, 0.717) is 0 Å². The van der Waals surface area contributed by atoms with E-state index in [2.05, 4.69) is 63.3 Å². The summed E-state index contributed by atoms with van der Waals surface area (Å²) in [6, 6.07) is 12.9. The minimum Gasteiger partial charge on any atom is -0.496 e. The summed E-state index contributed by atoms with van der Waals surface area (Å²) in [5, 5.41) is 3.55. The highest BCUT2D eigenvalue weighted by Gasteiger charge is 2.11. The summed E-state index contributed by atoms with van der Waals surface area (Å²) >= 11 is 0. The number of benzene rings is 2. The fourth-order valence-electron chi connectivity index (χ4n) is 2.35. The minimum atomic E-state index is 0.201. The van der Waals surface area contributed by atoms with E-state index in [1.807, 2.05) is 6.07 Å². The van der Waals surface area contributed by atoms with Crippen LogP contribution in [-0.4, -0.2) is 7.11 Å². The topological polar surface area (TPSA) is 21.3 Å². The lowest BCUT2D eigenvalue weighted by Gasteiger charge is -2.19. The second kappa shape index (κ2) is 6.00.